The molecule has 1 aliphatic rings. The van der Waals surface area contributed by atoms with E-state index in [1.165, 1.54) is 11.0 Å². The van der Waals surface area contributed by atoms with Crippen LogP contribution in [0.3, 0.4) is 0 Å². The Labute approximate surface area is 150 Å². The van der Waals surface area contributed by atoms with Gasteiger partial charge in [0, 0.05) is 37.7 Å². The second-order valence-electron chi connectivity index (χ2n) is 6.07. The van der Waals surface area contributed by atoms with Crippen LogP contribution in [-0.2, 0) is 11.3 Å². The lowest BCUT2D eigenvalue weighted by Crippen LogP contribution is -2.28. The zero-order chi connectivity index (χ0) is 18.0. The van der Waals surface area contributed by atoms with Crippen LogP contribution in [0.1, 0.15) is 28.8 Å². The van der Waals surface area contributed by atoms with Gasteiger partial charge in [0.2, 0.25) is 5.91 Å². The molecule has 6 heteroatoms. The molecule has 2 aromatic carbocycles. The van der Waals surface area contributed by atoms with Crippen molar-refractivity contribution in [2.75, 3.05) is 18.5 Å². The molecule has 2 amide bonds. The number of amides is 2. The molecule has 0 bridgehead atoms. The molecule has 0 spiro atoms. The van der Waals surface area contributed by atoms with Crippen LogP contribution in [0, 0.1) is 5.82 Å². The quantitative estimate of drug-likeness (QED) is 0.830. The van der Waals surface area contributed by atoms with E-state index in [-0.39, 0.29) is 24.2 Å². The second kappa shape index (κ2) is 7.23. The molecule has 1 aliphatic heterocycles. The number of hydrogen-bond acceptors (Lipinski definition) is 2. The van der Waals surface area contributed by atoms with Crippen molar-refractivity contribution in [3.05, 3.63) is 64.4 Å². The maximum absolute atomic E-state index is 13.8. The van der Waals surface area contributed by atoms with Crippen LogP contribution in [0.2, 0.25) is 5.02 Å². The van der Waals surface area contributed by atoms with Gasteiger partial charge in [0.15, 0.2) is 0 Å². The van der Waals surface area contributed by atoms with Gasteiger partial charge in [-0.15, -0.1) is 0 Å². The van der Waals surface area contributed by atoms with Gasteiger partial charge in [-0.25, -0.2) is 4.39 Å². The third-order valence-corrected chi connectivity index (χ3v) is 4.59. The summed E-state index contributed by atoms with van der Waals surface area (Å²) >= 11 is 6.21. The van der Waals surface area contributed by atoms with E-state index in [2.05, 4.69) is 0 Å². The average molecular weight is 361 g/mol. The molecular formula is C19H18ClFN2O2. The average Bonchev–Trinajstić information content (AvgIpc) is 3.02. The molecule has 0 atom stereocenters. The summed E-state index contributed by atoms with van der Waals surface area (Å²) in [6.07, 6.45) is 1.27. The number of anilines is 1. The summed E-state index contributed by atoms with van der Waals surface area (Å²) in [6.45, 7) is 0.757. The Bertz CT molecular complexity index is 825. The van der Waals surface area contributed by atoms with E-state index in [0.717, 1.165) is 6.42 Å². The van der Waals surface area contributed by atoms with Crippen molar-refractivity contribution in [2.45, 2.75) is 19.4 Å². The number of hydrogen-bond donors (Lipinski definition) is 0. The van der Waals surface area contributed by atoms with Crippen molar-refractivity contribution < 1.29 is 14.0 Å². The fraction of sp³-hybridized carbons (Fsp3) is 0.263. The standard InChI is InChI=1S/C19H18ClFN2O2/c1-22(12-14-5-2-3-6-16(14)21)19(25)13-8-9-15(20)17(11-13)23-10-4-7-18(23)24/h2-3,5-6,8-9,11H,4,7,10,12H2,1H3. The van der Waals surface area contributed by atoms with E-state index in [1.54, 1.807) is 48.3 Å². The van der Waals surface area contributed by atoms with Gasteiger partial charge in [-0.05, 0) is 30.7 Å². The highest BCUT2D eigenvalue weighted by Crippen LogP contribution is 2.30. The molecule has 0 radical (unpaired) electrons. The van der Waals surface area contributed by atoms with Crippen molar-refractivity contribution >= 4 is 29.1 Å². The maximum atomic E-state index is 13.8. The third-order valence-electron chi connectivity index (χ3n) is 4.27. The molecule has 3 rings (SSSR count). The van der Waals surface area contributed by atoms with Crippen LogP contribution in [-0.4, -0.2) is 30.3 Å². The van der Waals surface area contributed by atoms with Crippen molar-refractivity contribution in [1.29, 1.82) is 0 Å². The normalized spacial score (nSPS) is 14.0. The number of carbonyl (C=O) groups excluding carboxylic acids is 2. The van der Waals surface area contributed by atoms with Gasteiger partial charge in [-0.1, -0.05) is 29.8 Å². The Hall–Kier alpha value is -2.40. The summed E-state index contributed by atoms with van der Waals surface area (Å²) in [6, 6.07) is 11.2. The maximum Gasteiger partial charge on any atom is 0.253 e. The largest absolute Gasteiger partial charge is 0.337 e. The molecule has 1 saturated heterocycles. The first-order valence-electron chi connectivity index (χ1n) is 8.06. The van der Waals surface area contributed by atoms with Crippen LogP contribution in [0.4, 0.5) is 10.1 Å². The van der Waals surface area contributed by atoms with Gasteiger partial charge in [-0.2, -0.15) is 0 Å². The van der Waals surface area contributed by atoms with Crippen molar-refractivity contribution in [1.82, 2.24) is 4.90 Å². The molecule has 1 fully saturated rings. The van der Waals surface area contributed by atoms with E-state index < -0.39 is 0 Å². The molecule has 25 heavy (non-hydrogen) atoms. The lowest BCUT2D eigenvalue weighted by atomic mass is 10.1. The van der Waals surface area contributed by atoms with E-state index in [0.29, 0.717) is 34.8 Å². The summed E-state index contributed by atoms with van der Waals surface area (Å²) in [7, 11) is 1.62. The number of rotatable bonds is 4. The Balaban J connectivity index is 1.82. The van der Waals surface area contributed by atoms with Crippen molar-refractivity contribution in [3.8, 4) is 0 Å². The van der Waals surface area contributed by atoms with Gasteiger partial charge in [-0.3, -0.25) is 9.59 Å². The molecule has 1 heterocycles. The van der Waals surface area contributed by atoms with Crippen LogP contribution in [0.15, 0.2) is 42.5 Å². The van der Waals surface area contributed by atoms with E-state index in [4.69, 9.17) is 11.6 Å². The highest BCUT2D eigenvalue weighted by Gasteiger charge is 2.25. The van der Waals surface area contributed by atoms with Gasteiger partial charge in [0.05, 0.1) is 10.7 Å². The zero-order valence-corrected chi connectivity index (χ0v) is 14.6. The summed E-state index contributed by atoms with van der Waals surface area (Å²) in [5.41, 5.74) is 1.41. The van der Waals surface area contributed by atoms with Crippen LogP contribution < -0.4 is 4.90 Å². The molecule has 0 N–H and O–H groups in total. The molecule has 0 aromatic heterocycles. The van der Waals surface area contributed by atoms with Crippen molar-refractivity contribution in [2.24, 2.45) is 0 Å². The van der Waals surface area contributed by atoms with Crippen LogP contribution in [0.5, 0.6) is 0 Å². The van der Waals surface area contributed by atoms with E-state index in [9.17, 15) is 14.0 Å². The third kappa shape index (κ3) is 3.66. The van der Waals surface area contributed by atoms with Gasteiger partial charge in [0.1, 0.15) is 5.82 Å². The van der Waals surface area contributed by atoms with Gasteiger partial charge >= 0.3 is 0 Å². The number of halogens is 2. The fourth-order valence-corrected chi connectivity index (χ4v) is 3.15. The Kier molecular flexibility index (Phi) is 5.04. The first-order chi connectivity index (χ1) is 12.0. The number of nitrogens with zero attached hydrogens (tertiary/aromatic N) is 2. The van der Waals surface area contributed by atoms with Crippen LogP contribution >= 0.6 is 11.6 Å². The minimum atomic E-state index is -0.346. The Morgan fingerprint density at radius 2 is 2.04 bits per heavy atom. The van der Waals surface area contributed by atoms with Gasteiger partial charge in [0.25, 0.3) is 5.91 Å². The Morgan fingerprint density at radius 1 is 1.28 bits per heavy atom. The van der Waals surface area contributed by atoms with Crippen LogP contribution in [0.25, 0.3) is 0 Å². The molecule has 4 nitrogen and oxygen atoms in total. The minimum Gasteiger partial charge on any atom is -0.337 e. The predicted molar refractivity (Wildman–Crippen MR) is 95.2 cm³/mol. The molecule has 0 aliphatic carbocycles. The summed E-state index contributed by atoms with van der Waals surface area (Å²) in [5.74, 6) is -0.597. The first-order valence-corrected chi connectivity index (χ1v) is 8.44. The second-order valence-corrected chi connectivity index (χ2v) is 6.47. The smallest absolute Gasteiger partial charge is 0.253 e. The molecular weight excluding hydrogens is 343 g/mol. The highest BCUT2D eigenvalue weighted by atomic mass is 35.5. The van der Waals surface area contributed by atoms with E-state index in [1.807, 2.05) is 0 Å². The zero-order valence-electron chi connectivity index (χ0n) is 13.8. The summed E-state index contributed by atoms with van der Waals surface area (Å²) in [4.78, 5) is 27.7. The highest BCUT2D eigenvalue weighted by molar-refractivity contribution is 6.34. The number of carbonyl (C=O) groups is 2. The summed E-state index contributed by atoms with van der Waals surface area (Å²) < 4.78 is 13.8. The topological polar surface area (TPSA) is 40.6 Å². The molecule has 130 valence electrons. The van der Waals surface area contributed by atoms with Crippen molar-refractivity contribution in [3.63, 3.8) is 0 Å². The van der Waals surface area contributed by atoms with Gasteiger partial charge < -0.3 is 9.80 Å². The summed E-state index contributed by atoms with van der Waals surface area (Å²) in [5, 5.41) is 0.434. The minimum absolute atomic E-state index is 0.00575. The molecule has 0 saturated carbocycles. The van der Waals surface area contributed by atoms with E-state index >= 15 is 0 Å². The number of benzene rings is 2. The Morgan fingerprint density at radius 3 is 2.72 bits per heavy atom. The fourth-order valence-electron chi connectivity index (χ4n) is 2.93. The molecule has 2 aromatic rings. The lowest BCUT2D eigenvalue weighted by Gasteiger charge is -2.21. The predicted octanol–water partition coefficient (Wildman–Crippen LogP) is 3.88. The SMILES string of the molecule is CN(Cc1ccccc1F)C(=O)c1ccc(Cl)c(N2CCCC2=O)c1. The lowest BCUT2D eigenvalue weighted by molar-refractivity contribution is -0.117. The first kappa shape index (κ1) is 17.4. The monoisotopic (exact) mass is 360 g/mol. The molecule has 0 unspecified atom stereocenters.